The third kappa shape index (κ3) is 2.23. The van der Waals surface area contributed by atoms with Crippen LogP contribution in [0.3, 0.4) is 0 Å². The van der Waals surface area contributed by atoms with E-state index in [4.69, 9.17) is 10.5 Å². The van der Waals surface area contributed by atoms with Crippen LogP contribution in [0.1, 0.15) is 43.2 Å². The molecule has 0 bridgehead atoms. The van der Waals surface area contributed by atoms with Gasteiger partial charge in [0, 0.05) is 12.1 Å². The molecule has 0 aromatic heterocycles. The lowest BCUT2D eigenvalue weighted by atomic mass is 9.81. The van der Waals surface area contributed by atoms with E-state index in [1.165, 1.54) is 43.5 Å². The molecule has 2 N–H and O–H groups in total. The maximum absolute atomic E-state index is 6.31. The molecule has 3 nitrogen and oxygen atoms in total. The number of ether oxygens (including phenoxy) is 1. The lowest BCUT2D eigenvalue weighted by Gasteiger charge is -2.45. The summed E-state index contributed by atoms with van der Waals surface area (Å²) in [6.07, 6.45) is 6.14. The predicted octanol–water partition coefficient (Wildman–Crippen LogP) is 2.81. The van der Waals surface area contributed by atoms with Crippen molar-refractivity contribution < 1.29 is 4.74 Å². The molecule has 1 aromatic rings. The van der Waals surface area contributed by atoms with Gasteiger partial charge in [0.15, 0.2) is 0 Å². The van der Waals surface area contributed by atoms with E-state index < -0.39 is 0 Å². The molecule has 3 rings (SSSR count). The highest BCUT2D eigenvalue weighted by Gasteiger charge is 2.41. The number of piperidine rings is 1. The number of benzene rings is 1. The topological polar surface area (TPSA) is 38.5 Å². The van der Waals surface area contributed by atoms with Gasteiger partial charge in [0.2, 0.25) is 0 Å². The van der Waals surface area contributed by atoms with Crippen LogP contribution < -0.4 is 10.5 Å². The summed E-state index contributed by atoms with van der Waals surface area (Å²) in [5.41, 5.74) is 8.84. The molecule has 2 aliphatic heterocycles. The van der Waals surface area contributed by atoms with Crippen molar-refractivity contribution in [1.29, 1.82) is 0 Å². The van der Waals surface area contributed by atoms with Crippen LogP contribution >= 0.6 is 0 Å². The van der Waals surface area contributed by atoms with Crippen LogP contribution in [0.2, 0.25) is 0 Å². The van der Waals surface area contributed by atoms with Crippen LogP contribution in [0.4, 0.5) is 0 Å². The summed E-state index contributed by atoms with van der Waals surface area (Å²) in [6, 6.07) is 6.52. The molecular formula is C17H26N2O. The molecule has 110 valence electrons. The number of likely N-dealkylation sites (tertiary alicyclic amines) is 1. The van der Waals surface area contributed by atoms with Gasteiger partial charge >= 0.3 is 0 Å². The summed E-state index contributed by atoms with van der Waals surface area (Å²) < 4.78 is 6.04. The Morgan fingerprint density at radius 1 is 1.20 bits per heavy atom. The lowest BCUT2D eigenvalue weighted by Crippen LogP contribution is -2.53. The molecule has 20 heavy (non-hydrogen) atoms. The van der Waals surface area contributed by atoms with Crippen LogP contribution in [0, 0.1) is 6.92 Å². The molecule has 0 aliphatic carbocycles. The normalized spacial score (nSPS) is 27.5. The van der Waals surface area contributed by atoms with Gasteiger partial charge < -0.3 is 10.5 Å². The third-order valence-corrected chi connectivity index (χ3v) is 4.99. The highest BCUT2D eigenvalue weighted by Crippen LogP contribution is 2.42. The summed E-state index contributed by atoms with van der Waals surface area (Å²) in [4.78, 5) is 2.63. The number of aryl methyl sites for hydroxylation is 1. The minimum Gasteiger partial charge on any atom is -0.493 e. The average Bonchev–Trinajstić information content (AvgIpc) is 2.69. The van der Waals surface area contributed by atoms with E-state index in [1.54, 1.807) is 0 Å². The van der Waals surface area contributed by atoms with Crippen molar-refractivity contribution in [1.82, 2.24) is 4.90 Å². The van der Waals surface area contributed by atoms with Gasteiger partial charge in [-0.05, 0) is 51.3 Å². The highest BCUT2D eigenvalue weighted by molar-refractivity contribution is 5.46. The molecule has 3 heteroatoms. The standard InChI is InChI=1S/C17H26N2O/c1-14-7-5-8-15-16(14)20-12-6-9-17(15,13-18)19-10-3-2-4-11-19/h5,7-8H,2-4,6,9-13,18H2,1H3. The van der Waals surface area contributed by atoms with Gasteiger partial charge in [0.25, 0.3) is 0 Å². The van der Waals surface area contributed by atoms with Crippen LogP contribution in [0.5, 0.6) is 5.75 Å². The maximum atomic E-state index is 6.31. The Hall–Kier alpha value is -1.06. The lowest BCUT2D eigenvalue weighted by molar-refractivity contribution is 0.0624. The summed E-state index contributed by atoms with van der Waals surface area (Å²) in [6.45, 7) is 5.98. The van der Waals surface area contributed by atoms with Crippen molar-refractivity contribution in [2.75, 3.05) is 26.2 Å². The first kappa shape index (κ1) is 13.9. The van der Waals surface area contributed by atoms with Gasteiger partial charge in [-0.15, -0.1) is 0 Å². The van der Waals surface area contributed by atoms with Crippen molar-refractivity contribution in [3.05, 3.63) is 29.3 Å². The molecule has 1 atom stereocenters. The third-order valence-electron chi connectivity index (χ3n) is 4.99. The van der Waals surface area contributed by atoms with Gasteiger partial charge in [0.05, 0.1) is 12.1 Å². The molecule has 1 fully saturated rings. The summed E-state index contributed by atoms with van der Waals surface area (Å²) in [5, 5.41) is 0. The van der Waals surface area contributed by atoms with Crippen molar-refractivity contribution in [2.45, 2.75) is 44.6 Å². The Balaban J connectivity index is 2.07. The van der Waals surface area contributed by atoms with Crippen LogP contribution in [-0.4, -0.2) is 31.1 Å². The molecule has 2 aliphatic rings. The van der Waals surface area contributed by atoms with Crippen molar-refractivity contribution in [3.63, 3.8) is 0 Å². The molecule has 0 saturated carbocycles. The first-order chi connectivity index (χ1) is 9.78. The first-order valence-corrected chi connectivity index (χ1v) is 7.96. The predicted molar refractivity (Wildman–Crippen MR) is 82.1 cm³/mol. The average molecular weight is 274 g/mol. The smallest absolute Gasteiger partial charge is 0.127 e. The second kappa shape index (κ2) is 5.74. The quantitative estimate of drug-likeness (QED) is 0.901. The molecule has 1 unspecified atom stereocenters. The fourth-order valence-corrected chi connectivity index (χ4v) is 3.88. The Labute approximate surface area is 122 Å². The second-order valence-electron chi connectivity index (χ2n) is 6.19. The molecule has 0 amide bonds. The number of rotatable bonds is 2. The fourth-order valence-electron chi connectivity index (χ4n) is 3.88. The monoisotopic (exact) mass is 274 g/mol. The molecule has 0 radical (unpaired) electrons. The summed E-state index contributed by atoms with van der Waals surface area (Å²) in [5.74, 6) is 1.08. The molecule has 1 saturated heterocycles. The van der Waals surface area contributed by atoms with E-state index in [9.17, 15) is 0 Å². The molecule has 1 aromatic carbocycles. The van der Waals surface area contributed by atoms with Crippen LogP contribution in [0.25, 0.3) is 0 Å². The minimum absolute atomic E-state index is 0.0156. The molecular weight excluding hydrogens is 248 g/mol. The van der Waals surface area contributed by atoms with Crippen molar-refractivity contribution in [3.8, 4) is 5.75 Å². The number of hydrogen-bond donors (Lipinski definition) is 1. The first-order valence-electron chi connectivity index (χ1n) is 7.96. The van der Waals surface area contributed by atoms with Crippen LogP contribution in [0.15, 0.2) is 18.2 Å². The van der Waals surface area contributed by atoms with Gasteiger partial charge in [-0.2, -0.15) is 0 Å². The van der Waals surface area contributed by atoms with Gasteiger partial charge in [0.1, 0.15) is 5.75 Å². The minimum atomic E-state index is -0.0156. The number of hydrogen-bond acceptors (Lipinski definition) is 3. The van der Waals surface area contributed by atoms with E-state index >= 15 is 0 Å². The van der Waals surface area contributed by atoms with E-state index in [1.807, 2.05) is 0 Å². The molecule has 0 spiro atoms. The number of fused-ring (bicyclic) bond motifs is 1. The van der Waals surface area contributed by atoms with E-state index in [2.05, 4.69) is 30.0 Å². The summed E-state index contributed by atoms with van der Waals surface area (Å²) >= 11 is 0. The zero-order valence-corrected chi connectivity index (χ0v) is 12.5. The van der Waals surface area contributed by atoms with Gasteiger partial charge in [-0.25, -0.2) is 0 Å². The van der Waals surface area contributed by atoms with Gasteiger partial charge in [-0.3, -0.25) is 4.90 Å². The Morgan fingerprint density at radius 2 is 2.00 bits per heavy atom. The zero-order chi connectivity index (χ0) is 14.0. The Bertz CT molecular complexity index is 468. The second-order valence-corrected chi connectivity index (χ2v) is 6.19. The number of nitrogens with zero attached hydrogens (tertiary/aromatic N) is 1. The van der Waals surface area contributed by atoms with Gasteiger partial charge in [-0.1, -0.05) is 24.6 Å². The number of para-hydroxylation sites is 1. The highest BCUT2D eigenvalue weighted by atomic mass is 16.5. The fraction of sp³-hybridized carbons (Fsp3) is 0.647. The molecule has 2 heterocycles. The summed E-state index contributed by atoms with van der Waals surface area (Å²) in [7, 11) is 0. The Morgan fingerprint density at radius 3 is 2.75 bits per heavy atom. The van der Waals surface area contributed by atoms with E-state index in [0.717, 1.165) is 25.2 Å². The van der Waals surface area contributed by atoms with E-state index in [-0.39, 0.29) is 5.54 Å². The number of nitrogens with two attached hydrogens (primary N) is 1. The zero-order valence-electron chi connectivity index (χ0n) is 12.5. The largest absolute Gasteiger partial charge is 0.493 e. The maximum Gasteiger partial charge on any atom is 0.127 e. The van der Waals surface area contributed by atoms with Crippen molar-refractivity contribution in [2.24, 2.45) is 5.73 Å². The van der Waals surface area contributed by atoms with Crippen molar-refractivity contribution >= 4 is 0 Å². The van der Waals surface area contributed by atoms with E-state index in [0.29, 0.717) is 6.54 Å². The SMILES string of the molecule is Cc1cccc2c1OCCCC2(CN)N1CCCCC1. The van der Waals surface area contributed by atoms with Crippen LogP contribution in [-0.2, 0) is 5.54 Å². The Kier molecular flexibility index (Phi) is 3.99.